The second-order valence-corrected chi connectivity index (χ2v) is 5.93. The molecule has 0 aliphatic rings. The summed E-state index contributed by atoms with van der Waals surface area (Å²) in [6.45, 7) is 4.07. The summed E-state index contributed by atoms with van der Waals surface area (Å²) in [4.78, 5) is 29.2. The van der Waals surface area contributed by atoms with Crippen LogP contribution in [-0.2, 0) is 16.0 Å². The number of ether oxygens (including phenoxy) is 1. The molecule has 1 heterocycles. The van der Waals surface area contributed by atoms with Crippen molar-refractivity contribution < 1.29 is 19.2 Å². The summed E-state index contributed by atoms with van der Waals surface area (Å²) in [7, 11) is 0. The Balaban J connectivity index is 1.91. The van der Waals surface area contributed by atoms with Crippen LogP contribution in [0, 0.1) is 0 Å². The number of carbonyl (C=O) groups is 2. The SMILES string of the molecule is CCOC(=O)c1ccc(NC(=O)O/N=C(/N)c2csc(CC)c2)cc1. The number of amidine groups is 1. The van der Waals surface area contributed by atoms with E-state index in [0.717, 1.165) is 6.42 Å². The number of carbonyl (C=O) groups excluding carboxylic acids is 2. The van der Waals surface area contributed by atoms with Crippen LogP contribution in [0.5, 0.6) is 0 Å². The van der Waals surface area contributed by atoms with Crippen LogP contribution in [0.25, 0.3) is 0 Å². The average molecular weight is 361 g/mol. The molecule has 0 aliphatic heterocycles. The number of aryl methyl sites for hydroxylation is 1. The van der Waals surface area contributed by atoms with E-state index in [4.69, 9.17) is 15.3 Å². The molecule has 2 rings (SSSR count). The number of hydrogen-bond donors (Lipinski definition) is 2. The van der Waals surface area contributed by atoms with Crippen molar-refractivity contribution in [2.45, 2.75) is 20.3 Å². The van der Waals surface area contributed by atoms with Gasteiger partial charge in [-0.15, -0.1) is 11.3 Å². The summed E-state index contributed by atoms with van der Waals surface area (Å²) in [6.07, 6.45) is 0.124. The molecule has 8 heteroatoms. The second kappa shape index (κ2) is 8.84. The Bertz CT molecular complexity index is 768. The van der Waals surface area contributed by atoms with Gasteiger partial charge in [0, 0.05) is 21.5 Å². The Morgan fingerprint density at radius 2 is 1.92 bits per heavy atom. The molecule has 0 saturated carbocycles. The number of anilines is 1. The number of hydrogen-bond acceptors (Lipinski definition) is 6. The number of nitrogens with two attached hydrogens (primary N) is 1. The maximum absolute atomic E-state index is 11.7. The van der Waals surface area contributed by atoms with Gasteiger partial charge in [-0.05, 0) is 43.7 Å². The van der Waals surface area contributed by atoms with E-state index in [-0.39, 0.29) is 5.84 Å². The lowest BCUT2D eigenvalue weighted by Gasteiger charge is -2.05. The summed E-state index contributed by atoms with van der Waals surface area (Å²) >= 11 is 1.57. The molecule has 0 unspecified atom stereocenters. The summed E-state index contributed by atoms with van der Waals surface area (Å²) in [6, 6.07) is 8.12. The first-order valence-electron chi connectivity index (χ1n) is 7.70. The second-order valence-electron chi connectivity index (χ2n) is 4.93. The van der Waals surface area contributed by atoms with Crippen LogP contribution in [-0.4, -0.2) is 24.5 Å². The minimum Gasteiger partial charge on any atom is -0.462 e. The normalized spacial score (nSPS) is 11.0. The van der Waals surface area contributed by atoms with Gasteiger partial charge in [-0.25, -0.2) is 9.59 Å². The first kappa shape index (κ1) is 18.5. The lowest BCUT2D eigenvalue weighted by molar-refractivity contribution is 0.0526. The fourth-order valence-corrected chi connectivity index (χ4v) is 2.72. The van der Waals surface area contributed by atoms with Gasteiger partial charge in [0.2, 0.25) is 0 Å². The molecule has 0 spiro atoms. The molecule has 3 N–H and O–H groups in total. The number of benzene rings is 1. The van der Waals surface area contributed by atoms with Crippen molar-refractivity contribution in [1.82, 2.24) is 0 Å². The van der Waals surface area contributed by atoms with Crippen molar-refractivity contribution in [1.29, 1.82) is 0 Å². The Kier molecular flexibility index (Phi) is 6.53. The number of thiophene rings is 1. The van der Waals surface area contributed by atoms with E-state index < -0.39 is 12.1 Å². The molecule has 0 radical (unpaired) electrons. The van der Waals surface area contributed by atoms with Crippen molar-refractivity contribution in [3.05, 3.63) is 51.7 Å². The Labute approximate surface area is 149 Å². The molecule has 0 atom stereocenters. The number of amides is 1. The van der Waals surface area contributed by atoms with Crippen molar-refractivity contribution in [2.75, 3.05) is 11.9 Å². The molecular weight excluding hydrogens is 342 g/mol. The number of rotatable bonds is 6. The largest absolute Gasteiger partial charge is 0.462 e. The van der Waals surface area contributed by atoms with Crippen LogP contribution in [0.1, 0.15) is 34.6 Å². The van der Waals surface area contributed by atoms with Crippen LogP contribution in [0.2, 0.25) is 0 Å². The van der Waals surface area contributed by atoms with Gasteiger partial charge in [-0.3, -0.25) is 10.2 Å². The van der Waals surface area contributed by atoms with Gasteiger partial charge >= 0.3 is 12.1 Å². The summed E-state index contributed by atoms with van der Waals surface area (Å²) in [5.41, 5.74) is 7.35. The fourth-order valence-electron chi connectivity index (χ4n) is 1.89. The van der Waals surface area contributed by atoms with Crippen molar-refractivity contribution >= 4 is 34.9 Å². The third kappa shape index (κ3) is 5.32. The highest BCUT2D eigenvalue weighted by Crippen LogP contribution is 2.15. The molecule has 1 aromatic carbocycles. The number of nitrogens with one attached hydrogen (secondary N) is 1. The van der Waals surface area contributed by atoms with E-state index in [0.29, 0.717) is 23.4 Å². The number of esters is 1. The molecule has 25 heavy (non-hydrogen) atoms. The number of oxime groups is 1. The number of nitrogens with zero attached hydrogens (tertiary/aromatic N) is 1. The molecule has 1 amide bonds. The van der Waals surface area contributed by atoms with E-state index in [1.54, 1.807) is 42.5 Å². The third-order valence-electron chi connectivity index (χ3n) is 3.17. The molecule has 7 nitrogen and oxygen atoms in total. The maximum atomic E-state index is 11.7. The molecule has 132 valence electrons. The lowest BCUT2D eigenvalue weighted by atomic mass is 10.2. The maximum Gasteiger partial charge on any atom is 0.437 e. The van der Waals surface area contributed by atoms with Gasteiger partial charge in [-0.2, -0.15) is 0 Å². The lowest BCUT2D eigenvalue weighted by Crippen LogP contribution is -2.17. The smallest absolute Gasteiger partial charge is 0.437 e. The first-order valence-corrected chi connectivity index (χ1v) is 8.57. The minimum atomic E-state index is -0.780. The molecule has 0 bridgehead atoms. The minimum absolute atomic E-state index is 0.128. The van der Waals surface area contributed by atoms with Crippen molar-refractivity contribution in [2.24, 2.45) is 10.9 Å². The monoisotopic (exact) mass is 361 g/mol. The summed E-state index contributed by atoms with van der Waals surface area (Å²) < 4.78 is 4.88. The summed E-state index contributed by atoms with van der Waals surface area (Å²) in [5, 5.41) is 7.97. The highest BCUT2D eigenvalue weighted by Gasteiger charge is 2.09. The van der Waals surface area contributed by atoms with Crippen LogP contribution in [0.4, 0.5) is 10.5 Å². The van der Waals surface area contributed by atoms with Crippen LogP contribution in [0.3, 0.4) is 0 Å². The average Bonchev–Trinajstić information content (AvgIpc) is 3.10. The predicted octanol–water partition coefficient (Wildman–Crippen LogP) is 3.36. The van der Waals surface area contributed by atoms with Crippen LogP contribution < -0.4 is 11.1 Å². The van der Waals surface area contributed by atoms with E-state index in [1.165, 1.54) is 4.88 Å². The van der Waals surface area contributed by atoms with Gasteiger partial charge in [0.1, 0.15) is 0 Å². The van der Waals surface area contributed by atoms with E-state index >= 15 is 0 Å². The van der Waals surface area contributed by atoms with E-state index in [1.807, 2.05) is 18.4 Å². The van der Waals surface area contributed by atoms with Crippen LogP contribution >= 0.6 is 11.3 Å². The van der Waals surface area contributed by atoms with E-state index in [9.17, 15) is 9.59 Å². The Hall–Kier alpha value is -2.87. The fraction of sp³-hybridized carbons (Fsp3) is 0.235. The highest BCUT2D eigenvalue weighted by atomic mass is 32.1. The van der Waals surface area contributed by atoms with Crippen molar-refractivity contribution in [3.63, 3.8) is 0 Å². The molecule has 0 saturated heterocycles. The van der Waals surface area contributed by atoms with Crippen LogP contribution in [0.15, 0.2) is 40.9 Å². The summed E-state index contributed by atoms with van der Waals surface area (Å²) in [5.74, 6) is -0.292. The molecule has 0 fully saturated rings. The zero-order chi connectivity index (χ0) is 18.2. The van der Waals surface area contributed by atoms with Gasteiger partial charge in [0.25, 0.3) is 0 Å². The Morgan fingerprint density at radius 1 is 1.20 bits per heavy atom. The quantitative estimate of drug-likeness (QED) is 0.270. The topological polar surface area (TPSA) is 103 Å². The van der Waals surface area contributed by atoms with E-state index in [2.05, 4.69) is 10.5 Å². The molecular formula is C17H19N3O4S. The third-order valence-corrected chi connectivity index (χ3v) is 4.25. The van der Waals surface area contributed by atoms with Crippen molar-refractivity contribution in [3.8, 4) is 0 Å². The van der Waals surface area contributed by atoms with Gasteiger partial charge in [0.05, 0.1) is 12.2 Å². The first-order chi connectivity index (χ1) is 12.0. The Morgan fingerprint density at radius 3 is 2.52 bits per heavy atom. The van der Waals surface area contributed by atoms with Gasteiger partial charge in [0.15, 0.2) is 5.84 Å². The van der Waals surface area contributed by atoms with Gasteiger partial charge in [-0.1, -0.05) is 12.1 Å². The highest BCUT2D eigenvalue weighted by molar-refractivity contribution is 7.10. The zero-order valence-electron chi connectivity index (χ0n) is 13.9. The zero-order valence-corrected chi connectivity index (χ0v) is 14.8. The predicted molar refractivity (Wildman–Crippen MR) is 96.9 cm³/mol. The standard InChI is InChI=1S/C17H19N3O4S/c1-3-14-9-12(10-25-14)15(18)20-24-17(22)19-13-7-5-11(6-8-13)16(21)23-4-2/h5-10H,3-4H2,1-2H3,(H2,18,20)(H,19,22). The molecule has 1 aromatic heterocycles. The van der Waals surface area contributed by atoms with Gasteiger partial charge < -0.3 is 10.5 Å². The molecule has 0 aliphatic carbocycles. The molecule has 2 aromatic rings.